The third kappa shape index (κ3) is 227. The SMILES string of the molecule is B.B.[Ga+3].[Ga+3].[O-2].[O-2].[O-2].[O-2].[O-2].[Zn+2].[Zn+2]. The van der Waals surface area contributed by atoms with Crippen LogP contribution in [0.2, 0.25) is 0 Å². The van der Waals surface area contributed by atoms with Gasteiger partial charge >= 0.3 is 78.5 Å². The second-order valence-electron chi connectivity index (χ2n) is 0. The average molecular weight is 378 g/mol. The van der Waals surface area contributed by atoms with Crippen molar-refractivity contribution in [2.24, 2.45) is 0 Å². The van der Waals surface area contributed by atoms with E-state index in [1.807, 2.05) is 0 Å². The van der Waals surface area contributed by atoms with E-state index in [1.54, 1.807) is 0 Å². The summed E-state index contributed by atoms with van der Waals surface area (Å²) in [5.41, 5.74) is 0. The zero-order chi connectivity index (χ0) is 0. The van der Waals surface area contributed by atoms with Crippen LogP contribution >= 0.6 is 0 Å². The quantitative estimate of drug-likeness (QED) is 0.382. The van der Waals surface area contributed by atoms with Gasteiger partial charge in [0.05, 0.1) is 16.8 Å². The topological polar surface area (TPSA) is 142 Å². The van der Waals surface area contributed by atoms with Crippen LogP contribution in [0.5, 0.6) is 0 Å². The van der Waals surface area contributed by atoms with Gasteiger partial charge in [0.25, 0.3) is 0 Å². The molecule has 0 aliphatic rings. The van der Waals surface area contributed by atoms with Crippen LogP contribution in [-0.2, 0) is 66.3 Å². The van der Waals surface area contributed by atoms with Crippen LogP contribution in [0.15, 0.2) is 0 Å². The molecule has 0 saturated heterocycles. The summed E-state index contributed by atoms with van der Waals surface area (Å²) >= 11 is 0. The normalized spacial score (nSPS) is 0. The molecule has 0 rings (SSSR count). The Balaban J connectivity index is 0. The van der Waals surface area contributed by atoms with E-state index in [1.165, 1.54) is 0 Å². The largest absolute Gasteiger partial charge is 3.00 e. The van der Waals surface area contributed by atoms with Crippen molar-refractivity contribution in [3.63, 3.8) is 0 Å². The molecular weight excluding hydrogens is 372 g/mol. The first-order chi connectivity index (χ1) is 0. The Morgan fingerprint density at radius 2 is 0.364 bits per heavy atom. The Hall–Kier alpha value is 2.45. The number of hydrogen-bond acceptors (Lipinski definition) is 0. The summed E-state index contributed by atoms with van der Waals surface area (Å²) < 4.78 is 0. The third-order valence-corrected chi connectivity index (χ3v) is 0. The van der Waals surface area contributed by atoms with Gasteiger partial charge in [-0.2, -0.15) is 0 Å². The van der Waals surface area contributed by atoms with E-state index >= 15 is 0 Å². The number of rotatable bonds is 0. The zero-order valence-corrected chi connectivity index (χ0v) is 15.4. The van der Waals surface area contributed by atoms with Crippen LogP contribution in [0, 0.1) is 0 Å². The molecule has 11 heavy (non-hydrogen) atoms. The van der Waals surface area contributed by atoms with Crippen molar-refractivity contribution in [3.8, 4) is 0 Å². The average Bonchev–Trinajstić information content (AvgIpc) is 0. The molecule has 11 heteroatoms. The predicted octanol–water partition coefficient (Wildman–Crippen LogP) is -3.73. The second-order valence-corrected chi connectivity index (χ2v) is 0. The fourth-order valence-electron chi connectivity index (χ4n) is 0. The molecule has 5 nitrogen and oxygen atoms in total. The van der Waals surface area contributed by atoms with Crippen molar-refractivity contribution >= 4 is 56.4 Å². The summed E-state index contributed by atoms with van der Waals surface area (Å²) in [6.07, 6.45) is 0. The van der Waals surface area contributed by atoms with Crippen LogP contribution in [0.3, 0.4) is 0 Å². The molecule has 0 spiro atoms. The van der Waals surface area contributed by atoms with Crippen LogP contribution in [0.25, 0.3) is 0 Å². The van der Waals surface area contributed by atoms with E-state index < -0.39 is 0 Å². The fourth-order valence-corrected chi connectivity index (χ4v) is 0. The van der Waals surface area contributed by atoms with Gasteiger partial charge in [-0.15, -0.1) is 0 Å². The monoisotopic (exact) mass is 374 g/mol. The first-order valence-corrected chi connectivity index (χ1v) is 0. The van der Waals surface area contributed by atoms with E-state index in [0.29, 0.717) is 0 Å². The zero-order valence-electron chi connectivity index (χ0n) is 4.61. The van der Waals surface area contributed by atoms with Gasteiger partial charge in [-0.05, 0) is 0 Å². The summed E-state index contributed by atoms with van der Waals surface area (Å²) in [7, 11) is 0. The molecule has 0 saturated carbocycles. The standard InChI is InChI=1S/2BH3.2Ga.5O.2Zn/h2*1H3;;;;;;;;;/q;;2*+3;5*-2;2*+2. The maximum atomic E-state index is 0. The van der Waals surface area contributed by atoms with Crippen molar-refractivity contribution in [2.45, 2.75) is 0 Å². The van der Waals surface area contributed by atoms with E-state index in [2.05, 4.69) is 0 Å². The summed E-state index contributed by atoms with van der Waals surface area (Å²) in [5.74, 6) is 0. The van der Waals surface area contributed by atoms with Gasteiger partial charge in [-0.3, -0.25) is 0 Å². The molecular formula is H6B2Ga2O5Zn2. The van der Waals surface area contributed by atoms with Crippen molar-refractivity contribution in [3.05, 3.63) is 0 Å². The van der Waals surface area contributed by atoms with Crippen LogP contribution in [0.1, 0.15) is 0 Å². The molecule has 52 valence electrons. The smallest absolute Gasteiger partial charge is 2.00 e. The molecule has 0 N–H and O–H groups in total. The number of hydrogen-bond donors (Lipinski definition) is 0. The van der Waals surface area contributed by atoms with E-state index in [4.69, 9.17) is 0 Å². The Bertz CT molecular complexity index is 20.4. The van der Waals surface area contributed by atoms with Gasteiger partial charge in [0, 0.05) is 0 Å². The molecule has 0 heterocycles. The summed E-state index contributed by atoms with van der Waals surface area (Å²) in [6.45, 7) is 0. The molecule has 0 amide bonds. The minimum atomic E-state index is 0. The molecule has 0 bridgehead atoms. The van der Waals surface area contributed by atoms with Gasteiger partial charge in [-0.1, -0.05) is 0 Å². The fraction of sp³-hybridized carbons (Fsp3) is 0. The maximum Gasteiger partial charge on any atom is 3.00 e. The molecule has 0 aliphatic heterocycles. The Morgan fingerprint density at radius 1 is 0.364 bits per heavy atom. The molecule has 0 aromatic heterocycles. The van der Waals surface area contributed by atoms with E-state index in [-0.39, 0.29) is 123 Å². The molecule has 0 atom stereocenters. The summed E-state index contributed by atoms with van der Waals surface area (Å²) in [5, 5.41) is 0. The Labute approximate surface area is 122 Å². The minimum Gasteiger partial charge on any atom is -2.00 e. The van der Waals surface area contributed by atoms with Gasteiger partial charge in [0.1, 0.15) is 0 Å². The van der Waals surface area contributed by atoms with Crippen LogP contribution < -0.4 is 0 Å². The van der Waals surface area contributed by atoms with Crippen LogP contribution in [0.4, 0.5) is 0 Å². The molecule has 0 aliphatic carbocycles. The summed E-state index contributed by atoms with van der Waals surface area (Å²) in [4.78, 5) is 0. The van der Waals surface area contributed by atoms with Gasteiger partial charge in [-0.25, -0.2) is 0 Å². The first-order valence-electron chi connectivity index (χ1n) is 0. The van der Waals surface area contributed by atoms with Crippen molar-refractivity contribution < 1.29 is 66.3 Å². The summed E-state index contributed by atoms with van der Waals surface area (Å²) in [6, 6.07) is 0. The van der Waals surface area contributed by atoms with Crippen molar-refractivity contribution in [1.29, 1.82) is 0 Å². The van der Waals surface area contributed by atoms with E-state index in [9.17, 15) is 0 Å². The first kappa shape index (κ1) is 347. The van der Waals surface area contributed by atoms with Crippen molar-refractivity contribution in [2.75, 3.05) is 0 Å². The molecule has 0 unspecified atom stereocenters. The maximum absolute atomic E-state index is 0. The van der Waals surface area contributed by atoms with E-state index in [0.717, 1.165) is 0 Å². The Morgan fingerprint density at radius 3 is 0.364 bits per heavy atom. The Kier molecular flexibility index (Phi) is 8590. The predicted molar refractivity (Wildman–Crippen MR) is 34.8 cm³/mol. The molecule has 0 aromatic rings. The minimum absolute atomic E-state index is 0. The van der Waals surface area contributed by atoms with Crippen LogP contribution in [-0.4, -0.2) is 56.4 Å². The van der Waals surface area contributed by atoms with Gasteiger partial charge in [0.2, 0.25) is 0 Å². The molecule has 0 fully saturated rings. The third-order valence-electron chi connectivity index (χ3n) is 0. The van der Waals surface area contributed by atoms with Crippen molar-refractivity contribution in [1.82, 2.24) is 0 Å². The second kappa shape index (κ2) is 272. The molecule has 0 radical (unpaired) electrons. The van der Waals surface area contributed by atoms with Gasteiger partial charge < -0.3 is 27.4 Å². The molecule has 0 aromatic carbocycles. The van der Waals surface area contributed by atoms with Gasteiger partial charge in [0.15, 0.2) is 0 Å².